The predicted molar refractivity (Wildman–Crippen MR) is 75.2 cm³/mol. The Morgan fingerprint density at radius 2 is 1.94 bits per heavy atom. The van der Waals surface area contributed by atoms with Crippen molar-refractivity contribution in [2.45, 2.75) is 32.6 Å². The first-order chi connectivity index (χ1) is 8.75. The zero-order chi connectivity index (χ0) is 13.2. The molecule has 0 radical (unpaired) electrons. The zero-order valence-corrected chi connectivity index (χ0v) is 11.5. The smallest absolute Gasteiger partial charge is 0.122 e. The third-order valence-corrected chi connectivity index (χ3v) is 2.84. The topological polar surface area (TPSA) is 41.5 Å². The van der Waals surface area contributed by atoms with Gasteiger partial charge >= 0.3 is 0 Å². The molecule has 0 amide bonds. The average molecular weight is 251 g/mol. The summed E-state index contributed by atoms with van der Waals surface area (Å²) in [7, 11) is 0. The second kappa shape index (κ2) is 8.95. The van der Waals surface area contributed by atoms with E-state index in [9.17, 15) is 0 Å². The molecule has 0 spiro atoms. The van der Waals surface area contributed by atoms with Gasteiger partial charge in [0.15, 0.2) is 0 Å². The highest BCUT2D eigenvalue weighted by atomic mass is 16.5. The molecule has 1 rings (SSSR count). The summed E-state index contributed by atoms with van der Waals surface area (Å²) < 4.78 is 5.83. The van der Waals surface area contributed by atoms with Gasteiger partial charge in [-0.2, -0.15) is 0 Å². The van der Waals surface area contributed by atoms with Crippen molar-refractivity contribution in [3.63, 3.8) is 0 Å². The first kappa shape index (κ1) is 15.0. The third-order valence-electron chi connectivity index (χ3n) is 2.84. The highest BCUT2D eigenvalue weighted by molar-refractivity contribution is 5.35. The molecule has 0 aliphatic rings. The number of benzene rings is 1. The van der Waals surface area contributed by atoms with E-state index in [0.29, 0.717) is 12.5 Å². The molecule has 102 valence electrons. The Labute approximate surface area is 110 Å². The van der Waals surface area contributed by atoms with Gasteiger partial charge in [0.25, 0.3) is 0 Å². The summed E-state index contributed by atoms with van der Waals surface area (Å²) >= 11 is 0. The van der Waals surface area contributed by atoms with Crippen molar-refractivity contribution in [1.82, 2.24) is 5.32 Å². The third kappa shape index (κ3) is 5.52. The Hall–Kier alpha value is -1.06. The number of aliphatic hydroxyl groups excluding tert-OH is 1. The van der Waals surface area contributed by atoms with E-state index in [1.54, 1.807) is 0 Å². The molecule has 1 aromatic carbocycles. The molecule has 2 N–H and O–H groups in total. The fraction of sp³-hybridized carbons (Fsp3) is 0.600. The summed E-state index contributed by atoms with van der Waals surface area (Å²) in [5.74, 6) is 1.50. The Morgan fingerprint density at radius 1 is 1.17 bits per heavy atom. The molecule has 0 fully saturated rings. The van der Waals surface area contributed by atoms with Crippen LogP contribution in [0.15, 0.2) is 24.3 Å². The van der Waals surface area contributed by atoms with Gasteiger partial charge in [0, 0.05) is 6.54 Å². The van der Waals surface area contributed by atoms with E-state index in [4.69, 9.17) is 9.84 Å². The average Bonchev–Trinajstić information content (AvgIpc) is 2.38. The molecule has 1 aromatic rings. The number of rotatable bonds is 9. The number of hydrogen-bond acceptors (Lipinski definition) is 3. The molecule has 3 heteroatoms. The lowest BCUT2D eigenvalue weighted by Gasteiger charge is -2.13. The van der Waals surface area contributed by atoms with Gasteiger partial charge in [0.05, 0.1) is 13.2 Å². The summed E-state index contributed by atoms with van der Waals surface area (Å²) in [5.41, 5.74) is 1.27. The van der Waals surface area contributed by atoms with Crippen molar-refractivity contribution in [3.05, 3.63) is 29.8 Å². The Kier molecular flexibility index (Phi) is 7.46. The van der Waals surface area contributed by atoms with E-state index in [0.717, 1.165) is 31.7 Å². The number of ether oxygens (including phenoxy) is 1. The van der Waals surface area contributed by atoms with Crippen molar-refractivity contribution < 1.29 is 9.84 Å². The maximum absolute atomic E-state index is 8.61. The number of para-hydroxylation sites is 1. The number of unbranched alkanes of at least 4 members (excludes halogenated alkanes) is 1. The van der Waals surface area contributed by atoms with Crippen LogP contribution in [0.2, 0.25) is 0 Å². The monoisotopic (exact) mass is 251 g/mol. The standard InChI is InChI=1S/C15H25NO2/c1-13(2)14-7-3-4-8-15(14)18-12-6-5-9-16-10-11-17/h3-4,7-8,13,16-17H,5-6,9-12H2,1-2H3. The van der Waals surface area contributed by atoms with Crippen molar-refractivity contribution in [2.24, 2.45) is 0 Å². The van der Waals surface area contributed by atoms with Gasteiger partial charge in [-0.3, -0.25) is 0 Å². The quantitative estimate of drug-likeness (QED) is 0.663. The van der Waals surface area contributed by atoms with Gasteiger partial charge in [0.1, 0.15) is 5.75 Å². The lowest BCUT2D eigenvalue weighted by atomic mass is 10.0. The van der Waals surface area contributed by atoms with Gasteiger partial charge in [-0.05, 0) is 36.9 Å². The number of hydrogen-bond donors (Lipinski definition) is 2. The number of aliphatic hydroxyl groups is 1. The van der Waals surface area contributed by atoms with Crippen LogP contribution in [-0.2, 0) is 0 Å². The molecular formula is C15H25NO2. The largest absolute Gasteiger partial charge is 0.493 e. The highest BCUT2D eigenvalue weighted by Gasteiger charge is 2.06. The Bertz CT molecular complexity index is 326. The summed E-state index contributed by atoms with van der Waals surface area (Å²) in [4.78, 5) is 0. The van der Waals surface area contributed by atoms with Gasteiger partial charge in [-0.15, -0.1) is 0 Å². The van der Waals surface area contributed by atoms with Crippen LogP contribution in [0, 0.1) is 0 Å². The van der Waals surface area contributed by atoms with Crippen LogP contribution in [0.5, 0.6) is 5.75 Å². The van der Waals surface area contributed by atoms with Crippen molar-refractivity contribution in [1.29, 1.82) is 0 Å². The van der Waals surface area contributed by atoms with Crippen LogP contribution < -0.4 is 10.1 Å². The van der Waals surface area contributed by atoms with Crippen LogP contribution in [0.4, 0.5) is 0 Å². The molecule has 0 aliphatic heterocycles. The van der Waals surface area contributed by atoms with Crippen LogP contribution in [0.1, 0.15) is 38.2 Å². The van der Waals surface area contributed by atoms with E-state index >= 15 is 0 Å². The van der Waals surface area contributed by atoms with Crippen molar-refractivity contribution in [2.75, 3.05) is 26.3 Å². The fourth-order valence-corrected chi connectivity index (χ4v) is 1.83. The Balaban J connectivity index is 2.23. The van der Waals surface area contributed by atoms with Gasteiger partial charge in [-0.25, -0.2) is 0 Å². The lowest BCUT2D eigenvalue weighted by molar-refractivity contribution is 0.285. The van der Waals surface area contributed by atoms with Gasteiger partial charge < -0.3 is 15.2 Å². The maximum Gasteiger partial charge on any atom is 0.122 e. The van der Waals surface area contributed by atoms with Crippen molar-refractivity contribution >= 4 is 0 Å². The maximum atomic E-state index is 8.61. The van der Waals surface area contributed by atoms with E-state index in [1.165, 1.54) is 5.56 Å². The van der Waals surface area contributed by atoms with Gasteiger partial charge in [0.2, 0.25) is 0 Å². The minimum Gasteiger partial charge on any atom is -0.493 e. The molecule has 0 bridgehead atoms. The molecular weight excluding hydrogens is 226 g/mol. The van der Waals surface area contributed by atoms with Crippen molar-refractivity contribution in [3.8, 4) is 5.75 Å². The molecule has 3 nitrogen and oxygen atoms in total. The summed E-state index contributed by atoms with van der Waals surface area (Å²) in [6.45, 7) is 6.94. The minimum atomic E-state index is 0.207. The predicted octanol–water partition coefficient (Wildman–Crippen LogP) is 2.55. The van der Waals surface area contributed by atoms with Crippen LogP contribution in [0.25, 0.3) is 0 Å². The second-order valence-corrected chi connectivity index (χ2v) is 4.72. The van der Waals surface area contributed by atoms with E-state index in [2.05, 4.69) is 31.3 Å². The molecule has 0 aliphatic carbocycles. The normalized spacial score (nSPS) is 10.9. The Morgan fingerprint density at radius 3 is 2.67 bits per heavy atom. The summed E-state index contributed by atoms with van der Waals surface area (Å²) in [6.07, 6.45) is 2.11. The molecule has 0 unspecified atom stereocenters. The molecule has 0 atom stereocenters. The second-order valence-electron chi connectivity index (χ2n) is 4.72. The van der Waals surface area contributed by atoms with E-state index in [-0.39, 0.29) is 6.61 Å². The van der Waals surface area contributed by atoms with Crippen LogP contribution in [-0.4, -0.2) is 31.4 Å². The first-order valence-corrected chi connectivity index (χ1v) is 6.79. The van der Waals surface area contributed by atoms with Crippen LogP contribution in [0.3, 0.4) is 0 Å². The highest BCUT2D eigenvalue weighted by Crippen LogP contribution is 2.25. The molecule has 0 aromatic heterocycles. The number of nitrogens with one attached hydrogen (secondary N) is 1. The molecule has 0 saturated heterocycles. The summed E-state index contributed by atoms with van der Waals surface area (Å²) in [5, 5.41) is 11.8. The fourth-order valence-electron chi connectivity index (χ4n) is 1.83. The molecule has 18 heavy (non-hydrogen) atoms. The SMILES string of the molecule is CC(C)c1ccccc1OCCCCNCCO. The first-order valence-electron chi connectivity index (χ1n) is 6.79. The van der Waals surface area contributed by atoms with Crippen LogP contribution >= 0.6 is 0 Å². The zero-order valence-electron chi connectivity index (χ0n) is 11.5. The summed E-state index contributed by atoms with van der Waals surface area (Å²) in [6, 6.07) is 8.24. The van der Waals surface area contributed by atoms with E-state index in [1.807, 2.05) is 12.1 Å². The molecule has 0 heterocycles. The minimum absolute atomic E-state index is 0.207. The van der Waals surface area contributed by atoms with E-state index < -0.39 is 0 Å². The van der Waals surface area contributed by atoms with Gasteiger partial charge in [-0.1, -0.05) is 32.0 Å². The lowest BCUT2D eigenvalue weighted by Crippen LogP contribution is -2.19. The molecule has 0 saturated carbocycles.